The van der Waals surface area contributed by atoms with E-state index < -0.39 is 6.10 Å². The van der Waals surface area contributed by atoms with Crippen molar-refractivity contribution in [3.8, 4) is 5.75 Å². The van der Waals surface area contributed by atoms with Gasteiger partial charge in [-0.05, 0) is 30.7 Å². The van der Waals surface area contributed by atoms with Crippen molar-refractivity contribution >= 4 is 28.7 Å². The van der Waals surface area contributed by atoms with Crippen LogP contribution in [0.3, 0.4) is 0 Å². The monoisotopic (exact) mass is 333 g/mol. The standard InChI is InChI=1S/C16H19N3O3S/c1-4-13(22-12-7-5-11(9-20)6-8-12)14(21)17-16-19-18-15(23-16)10(2)3/h5-10,13H,4H2,1-3H3,(H,17,19,21). The predicted octanol–water partition coefficient (Wildman–Crippen LogP) is 3.27. The van der Waals surface area contributed by atoms with Gasteiger partial charge in [0, 0.05) is 11.5 Å². The molecule has 122 valence electrons. The highest BCUT2D eigenvalue weighted by atomic mass is 32.1. The van der Waals surface area contributed by atoms with E-state index >= 15 is 0 Å². The van der Waals surface area contributed by atoms with Gasteiger partial charge in [0.2, 0.25) is 5.13 Å². The topological polar surface area (TPSA) is 81.2 Å². The largest absolute Gasteiger partial charge is 0.481 e. The summed E-state index contributed by atoms with van der Waals surface area (Å²) in [5.74, 6) is 0.545. The van der Waals surface area contributed by atoms with Crippen molar-refractivity contribution in [2.24, 2.45) is 0 Å². The third kappa shape index (κ3) is 4.59. The maximum absolute atomic E-state index is 12.3. The van der Waals surface area contributed by atoms with Gasteiger partial charge in [-0.1, -0.05) is 32.1 Å². The lowest BCUT2D eigenvalue weighted by Gasteiger charge is -2.16. The number of aldehydes is 1. The van der Waals surface area contributed by atoms with E-state index in [9.17, 15) is 9.59 Å². The zero-order chi connectivity index (χ0) is 16.8. The second kappa shape index (κ2) is 7.82. The Morgan fingerprint density at radius 2 is 2.00 bits per heavy atom. The van der Waals surface area contributed by atoms with Crippen LogP contribution in [0.25, 0.3) is 0 Å². The molecule has 1 heterocycles. The van der Waals surface area contributed by atoms with Crippen molar-refractivity contribution in [3.63, 3.8) is 0 Å². The highest BCUT2D eigenvalue weighted by Crippen LogP contribution is 2.23. The zero-order valence-corrected chi connectivity index (χ0v) is 14.1. The Morgan fingerprint density at radius 3 is 2.52 bits per heavy atom. The number of carbonyl (C=O) groups is 2. The van der Waals surface area contributed by atoms with Gasteiger partial charge in [0.1, 0.15) is 17.0 Å². The van der Waals surface area contributed by atoms with E-state index in [2.05, 4.69) is 15.5 Å². The Kier molecular flexibility index (Phi) is 5.81. The SMILES string of the molecule is CCC(Oc1ccc(C=O)cc1)C(=O)Nc1nnc(C(C)C)s1. The number of carbonyl (C=O) groups excluding carboxylic acids is 2. The van der Waals surface area contributed by atoms with Crippen LogP contribution in [0.1, 0.15) is 48.5 Å². The number of benzene rings is 1. The van der Waals surface area contributed by atoms with E-state index in [1.54, 1.807) is 24.3 Å². The van der Waals surface area contributed by atoms with Gasteiger partial charge < -0.3 is 4.74 Å². The summed E-state index contributed by atoms with van der Waals surface area (Å²) in [6.45, 7) is 5.91. The van der Waals surface area contributed by atoms with Crippen LogP contribution >= 0.6 is 11.3 Å². The lowest BCUT2D eigenvalue weighted by atomic mass is 10.2. The molecular weight excluding hydrogens is 314 g/mol. The van der Waals surface area contributed by atoms with Crippen molar-refractivity contribution in [1.82, 2.24) is 10.2 Å². The van der Waals surface area contributed by atoms with E-state index in [1.165, 1.54) is 11.3 Å². The number of ether oxygens (including phenoxy) is 1. The average molecular weight is 333 g/mol. The minimum atomic E-state index is -0.636. The summed E-state index contributed by atoms with van der Waals surface area (Å²) >= 11 is 1.36. The summed E-state index contributed by atoms with van der Waals surface area (Å²) in [6, 6.07) is 6.63. The minimum absolute atomic E-state index is 0.265. The molecule has 0 aliphatic heterocycles. The third-order valence-electron chi connectivity index (χ3n) is 3.12. The van der Waals surface area contributed by atoms with Gasteiger partial charge in [0.15, 0.2) is 6.10 Å². The van der Waals surface area contributed by atoms with Crippen molar-refractivity contribution in [1.29, 1.82) is 0 Å². The molecule has 23 heavy (non-hydrogen) atoms. The van der Waals surface area contributed by atoms with Crippen LogP contribution in [0.5, 0.6) is 5.75 Å². The summed E-state index contributed by atoms with van der Waals surface area (Å²) < 4.78 is 5.68. The Hall–Kier alpha value is -2.28. The van der Waals surface area contributed by atoms with Crippen LogP contribution in [-0.2, 0) is 4.79 Å². The number of aromatic nitrogens is 2. The molecule has 1 atom stereocenters. The number of hydrogen-bond donors (Lipinski definition) is 1. The first-order chi connectivity index (χ1) is 11.0. The number of amides is 1. The normalized spacial score (nSPS) is 12.0. The fourth-order valence-electron chi connectivity index (χ4n) is 1.82. The molecule has 0 aliphatic rings. The molecule has 1 aromatic carbocycles. The highest BCUT2D eigenvalue weighted by Gasteiger charge is 2.20. The molecule has 7 heteroatoms. The smallest absolute Gasteiger partial charge is 0.267 e. The molecule has 0 radical (unpaired) electrons. The van der Waals surface area contributed by atoms with Crippen molar-refractivity contribution in [3.05, 3.63) is 34.8 Å². The van der Waals surface area contributed by atoms with Crippen LogP contribution in [0.4, 0.5) is 5.13 Å². The van der Waals surface area contributed by atoms with E-state index in [-0.39, 0.29) is 11.8 Å². The van der Waals surface area contributed by atoms with E-state index in [0.717, 1.165) is 11.3 Å². The first-order valence-corrected chi connectivity index (χ1v) is 8.21. The Morgan fingerprint density at radius 1 is 1.30 bits per heavy atom. The number of nitrogens with one attached hydrogen (secondary N) is 1. The van der Waals surface area contributed by atoms with Gasteiger partial charge in [0.05, 0.1) is 0 Å². The van der Waals surface area contributed by atoms with Crippen LogP contribution < -0.4 is 10.1 Å². The fourth-order valence-corrected chi connectivity index (χ4v) is 2.56. The molecule has 0 bridgehead atoms. The molecule has 0 saturated heterocycles. The van der Waals surface area contributed by atoms with Gasteiger partial charge in [0.25, 0.3) is 5.91 Å². The molecule has 0 fully saturated rings. The summed E-state index contributed by atoms with van der Waals surface area (Å²) in [6.07, 6.45) is 0.635. The molecule has 0 saturated carbocycles. The lowest BCUT2D eigenvalue weighted by Crippen LogP contribution is -2.32. The number of nitrogens with zero attached hydrogens (tertiary/aromatic N) is 2. The summed E-state index contributed by atoms with van der Waals surface area (Å²) in [7, 11) is 0. The minimum Gasteiger partial charge on any atom is -0.481 e. The third-order valence-corrected chi connectivity index (χ3v) is 4.26. The van der Waals surface area contributed by atoms with Crippen molar-refractivity contribution in [2.45, 2.75) is 39.2 Å². The molecule has 2 aromatic rings. The molecule has 0 aliphatic carbocycles. The highest BCUT2D eigenvalue weighted by molar-refractivity contribution is 7.15. The first kappa shape index (κ1) is 17.1. The van der Waals surface area contributed by atoms with Gasteiger partial charge in [-0.3, -0.25) is 14.9 Å². The summed E-state index contributed by atoms with van der Waals surface area (Å²) in [4.78, 5) is 22.9. The van der Waals surface area contributed by atoms with Crippen molar-refractivity contribution < 1.29 is 14.3 Å². The maximum atomic E-state index is 12.3. The number of rotatable bonds is 7. The van der Waals surface area contributed by atoms with Gasteiger partial charge in [-0.2, -0.15) is 0 Å². The Bertz CT molecular complexity index is 667. The molecule has 1 unspecified atom stereocenters. The van der Waals surface area contributed by atoms with E-state index in [4.69, 9.17) is 4.74 Å². The first-order valence-electron chi connectivity index (χ1n) is 7.39. The predicted molar refractivity (Wildman–Crippen MR) is 89.2 cm³/mol. The van der Waals surface area contributed by atoms with Crippen LogP contribution in [0.15, 0.2) is 24.3 Å². The van der Waals surface area contributed by atoms with Gasteiger partial charge in [-0.15, -0.1) is 10.2 Å². The molecule has 0 spiro atoms. The average Bonchev–Trinajstić information content (AvgIpc) is 3.01. The lowest BCUT2D eigenvalue weighted by molar-refractivity contribution is -0.122. The van der Waals surface area contributed by atoms with Gasteiger partial charge >= 0.3 is 0 Å². The zero-order valence-electron chi connectivity index (χ0n) is 13.3. The van der Waals surface area contributed by atoms with E-state index in [0.29, 0.717) is 22.9 Å². The fraction of sp³-hybridized carbons (Fsp3) is 0.375. The van der Waals surface area contributed by atoms with Crippen LogP contribution in [-0.4, -0.2) is 28.5 Å². The molecule has 2 rings (SSSR count). The van der Waals surface area contributed by atoms with Gasteiger partial charge in [-0.25, -0.2) is 0 Å². The Balaban J connectivity index is 2.00. The number of anilines is 1. The molecule has 1 amide bonds. The second-order valence-electron chi connectivity index (χ2n) is 5.29. The quantitative estimate of drug-likeness (QED) is 0.787. The number of hydrogen-bond acceptors (Lipinski definition) is 6. The summed E-state index contributed by atoms with van der Waals surface area (Å²) in [5.41, 5.74) is 0.560. The maximum Gasteiger partial charge on any atom is 0.267 e. The summed E-state index contributed by atoms with van der Waals surface area (Å²) in [5, 5.41) is 12.1. The Labute approximate surface area is 138 Å². The van der Waals surface area contributed by atoms with Crippen molar-refractivity contribution in [2.75, 3.05) is 5.32 Å². The molecule has 6 nitrogen and oxygen atoms in total. The molecule has 1 N–H and O–H groups in total. The van der Waals surface area contributed by atoms with Crippen LogP contribution in [0.2, 0.25) is 0 Å². The molecular formula is C16H19N3O3S. The van der Waals surface area contributed by atoms with E-state index in [1.807, 2.05) is 20.8 Å². The van der Waals surface area contributed by atoms with Crippen LogP contribution in [0, 0.1) is 0 Å². The molecule has 1 aromatic heterocycles. The second-order valence-corrected chi connectivity index (χ2v) is 6.30.